The van der Waals surface area contributed by atoms with Gasteiger partial charge in [-0.1, -0.05) is 6.07 Å². The van der Waals surface area contributed by atoms with Crippen LogP contribution in [0.2, 0.25) is 0 Å². The number of ether oxygens (including phenoxy) is 2. The number of hydrogen-bond acceptors (Lipinski definition) is 7. The Hall–Kier alpha value is -2.54. The lowest BCUT2D eigenvalue weighted by Gasteiger charge is -2.34. The first-order valence-electron chi connectivity index (χ1n) is 7.72. The Morgan fingerprint density at radius 2 is 1.87 bits per heavy atom. The van der Waals surface area contributed by atoms with Crippen molar-refractivity contribution in [2.45, 2.75) is 6.54 Å². The highest BCUT2D eigenvalue weighted by Crippen LogP contribution is 2.32. The molecule has 7 heteroatoms. The number of piperazine rings is 1. The molecule has 23 heavy (non-hydrogen) atoms. The Labute approximate surface area is 134 Å². The van der Waals surface area contributed by atoms with E-state index in [1.165, 1.54) is 5.56 Å². The van der Waals surface area contributed by atoms with Crippen LogP contribution in [0.3, 0.4) is 0 Å². The molecule has 3 heterocycles. The number of nitrogens with zero attached hydrogens (tertiary/aromatic N) is 4. The molecular formula is C16H19N5O2. The minimum absolute atomic E-state index is 0.317. The summed E-state index contributed by atoms with van der Waals surface area (Å²) in [7, 11) is 0. The zero-order valence-corrected chi connectivity index (χ0v) is 12.8. The van der Waals surface area contributed by atoms with Gasteiger partial charge >= 0.3 is 0 Å². The predicted octanol–water partition coefficient (Wildman–Crippen LogP) is 1.11. The molecule has 4 rings (SSSR count). The molecule has 0 saturated carbocycles. The van der Waals surface area contributed by atoms with Crippen LogP contribution in [0, 0.1) is 0 Å². The van der Waals surface area contributed by atoms with Crippen LogP contribution in [-0.2, 0) is 6.54 Å². The summed E-state index contributed by atoms with van der Waals surface area (Å²) in [5.74, 6) is 2.90. The van der Waals surface area contributed by atoms with Crippen molar-refractivity contribution in [1.82, 2.24) is 14.9 Å². The second-order valence-electron chi connectivity index (χ2n) is 5.73. The Bertz CT molecular complexity index is 701. The van der Waals surface area contributed by atoms with Gasteiger partial charge in [-0.2, -0.15) is 4.98 Å². The molecule has 2 aliphatic heterocycles. The van der Waals surface area contributed by atoms with Crippen molar-refractivity contribution in [1.29, 1.82) is 0 Å². The number of hydrogen-bond donors (Lipinski definition) is 1. The molecule has 0 aliphatic carbocycles. The summed E-state index contributed by atoms with van der Waals surface area (Å²) in [5, 5.41) is 0. The fraction of sp³-hybridized carbons (Fsp3) is 0.375. The van der Waals surface area contributed by atoms with Gasteiger partial charge in [-0.3, -0.25) is 4.90 Å². The highest BCUT2D eigenvalue weighted by atomic mass is 16.7. The average Bonchev–Trinajstić information content (AvgIpc) is 3.03. The summed E-state index contributed by atoms with van der Waals surface area (Å²) >= 11 is 0. The molecule has 0 unspecified atom stereocenters. The van der Waals surface area contributed by atoms with E-state index < -0.39 is 0 Å². The third kappa shape index (κ3) is 3.00. The molecular weight excluding hydrogens is 294 g/mol. The first kappa shape index (κ1) is 14.1. The smallest absolute Gasteiger partial charge is 0.231 e. The molecule has 1 saturated heterocycles. The van der Waals surface area contributed by atoms with E-state index in [0.29, 0.717) is 18.6 Å². The van der Waals surface area contributed by atoms with Crippen LogP contribution in [-0.4, -0.2) is 47.8 Å². The molecule has 7 nitrogen and oxygen atoms in total. The summed E-state index contributed by atoms with van der Waals surface area (Å²) in [6, 6.07) is 7.85. The predicted molar refractivity (Wildman–Crippen MR) is 86.5 cm³/mol. The Morgan fingerprint density at radius 1 is 1.04 bits per heavy atom. The third-order valence-corrected chi connectivity index (χ3v) is 4.16. The summed E-state index contributed by atoms with van der Waals surface area (Å²) in [6.07, 6.45) is 1.71. The second-order valence-corrected chi connectivity index (χ2v) is 5.73. The van der Waals surface area contributed by atoms with Gasteiger partial charge in [-0.05, 0) is 23.8 Å². The van der Waals surface area contributed by atoms with Gasteiger partial charge in [-0.25, -0.2) is 4.98 Å². The molecule has 0 radical (unpaired) electrons. The molecule has 2 aromatic rings. The zero-order valence-electron chi connectivity index (χ0n) is 12.8. The maximum atomic E-state index is 5.73. The minimum atomic E-state index is 0.317. The first-order chi connectivity index (χ1) is 11.3. The molecule has 1 aromatic carbocycles. The maximum absolute atomic E-state index is 5.73. The van der Waals surface area contributed by atoms with Crippen LogP contribution in [0.4, 0.5) is 11.8 Å². The van der Waals surface area contributed by atoms with Crippen molar-refractivity contribution >= 4 is 11.8 Å². The van der Waals surface area contributed by atoms with Crippen molar-refractivity contribution in [2.75, 3.05) is 43.6 Å². The quantitative estimate of drug-likeness (QED) is 0.909. The van der Waals surface area contributed by atoms with Crippen molar-refractivity contribution < 1.29 is 9.47 Å². The average molecular weight is 313 g/mol. The number of nitrogens with two attached hydrogens (primary N) is 1. The normalized spacial score (nSPS) is 17.5. The number of fused-ring (bicyclic) bond motifs is 1. The topological polar surface area (TPSA) is 76.7 Å². The summed E-state index contributed by atoms with van der Waals surface area (Å²) in [5.41, 5.74) is 6.97. The summed E-state index contributed by atoms with van der Waals surface area (Å²) in [6.45, 7) is 4.95. The van der Waals surface area contributed by atoms with Crippen molar-refractivity contribution in [3.05, 3.63) is 36.0 Å². The summed E-state index contributed by atoms with van der Waals surface area (Å²) < 4.78 is 10.8. The lowest BCUT2D eigenvalue weighted by molar-refractivity contribution is 0.174. The fourth-order valence-electron chi connectivity index (χ4n) is 2.92. The number of nitrogen functional groups attached to an aromatic ring is 1. The van der Waals surface area contributed by atoms with Crippen molar-refractivity contribution in [2.24, 2.45) is 0 Å². The number of aromatic nitrogens is 2. The Kier molecular flexibility index (Phi) is 3.63. The molecule has 1 fully saturated rings. The molecule has 1 aromatic heterocycles. The van der Waals surface area contributed by atoms with Crippen LogP contribution in [0.5, 0.6) is 11.5 Å². The van der Waals surface area contributed by atoms with Crippen LogP contribution >= 0.6 is 0 Å². The zero-order chi connectivity index (χ0) is 15.6. The van der Waals surface area contributed by atoms with E-state index >= 15 is 0 Å². The van der Waals surface area contributed by atoms with Gasteiger partial charge in [0.05, 0.1) is 0 Å². The van der Waals surface area contributed by atoms with E-state index in [-0.39, 0.29) is 0 Å². The van der Waals surface area contributed by atoms with Crippen molar-refractivity contribution in [3.8, 4) is 11.5 Å². The van der Waals surface area contributed by atoms with E-state index in [4.69, 9.17) is 15.2 Å². The minimum Gasteiger partial charge on any atom is -0.454 e. The largest absolute Gasteiger partial charge is 0.454 e. The fourth-order valence-corrected chi connectivity index (χ4v) is 2.92. The third-order valence-electron chi connectivity index (χ3n) is 4.16. The van der Waals surface area contributed by atoms with Crippen molar-refractivity contribution in [3.63, 3.8) is 0 Å². The standard InChI is InChI=1S/C16H19N5O2/c17-15-3-4-18-16(19-15)21-7-5-20(6-8-21)10-12-1-2-13-14(9-12)23-11-22-13/h1-4,9H,5-8,10-11H2,(H2,17,18,19). The van der Waals surface area contributed by atoms with E-state index in [0.717, 1.165) is 44.2 Å². The van der Waals surface area contributed by atoms with Gasteiger partial charge in [0, 0.05) is 38.9 Å². The number of anilines is 2. The van der Waals surface area contributed by atoms with Gasteiger partial charge < -0.3 is 20.1 Å². The van der Waals surface area contributed by atoms with Crippen LogP contribution in [0.25, 0.3) is 0 Å². The van der Waals surface area contributed by atoms with Gasteiger partial charge in [0.15, 0.2) is 11.5 Å². The Balaban J connectivity index is 1.36. The summed E-state index contributed by atoms with van der Waals surface area (Å²) in [4.78, 5) is 13.2. The van der Waals surface area contributed by atoms with Gasteiger partial charge in [0.1, 0.15) is 5.82 Å². The van der Waals surface area contributed by atoms with Crippen LogP contribution < -0.4 is 20.1 Å². The monoisotopic (exact) mass is 313 g/mol. The van der Waals surface area contributed by atoms with E-state index in [1.54, 1.807) is 12.3 Å². The van der Waals surface area contributed by atoms with Crippen LogP contribution in [0.15, 0.2) is 30.5 Å². The van der Waals surface area contributed by atoms with E-state index in [9.17, 15) is 0 Å². The first-order valence-corrected chi connectivity index (χ1v) is 7.72. The van der Waals surface area contributed by atoms with Gasteiger partial charge in [-0.15, -0.1) is 0 Å². The Morgan fingerprint density at radius 3 is 2.70 bits per heavy atom. The number of benzene rings is 1. The molecule has 2 aliphatic rings. The number of rotatable bonds is 3. The molecule has 2 N–H and O–H groups in total. The highest BCUT2D eigenvalue weighted by molar-refractivity contribution is 5.44. The van der Waals surface area contributed by atoms with Gasteiger partial charge in [0.25, 0.3) is 0 Å². The van der Waals surface area contributed by atoms with Gasteiger partial charge in [0.2, 0.25) is 12.7 Å². The highest BCUT2D eigenvalue weighted by Gasteiger charge is 2.20. The van der Waals surface area contributed by atoms with E-state index in [2.05, 4.69) is 31.9 Å². The molecule has 0 spiro atoms. The van der Waals surface area contributed by atoms with E-state index in [1.807, 2.05) is 6.07 Å². The molecule has 0 amide bonds. The second kappa shape index (κ2) is 5.92. The molecule has 0 atom stereocenters. The molecule has 120 valence electrons. The SMILES string of the molecule is Nc1ccnc(N2CCN(Cc3ccc4c(c3)OCO4)CC2)n1. The maximum Gasteiger partial charge on any atom is 0.231 e. The molecule has 0 bridgehead atoms. The van der Waals surface area contributed by atoms with Crippen LogP contribution in [0.1, 0.15) is 5.56 Å². The lowest BCUT2D eigenvalue weighted by Crippen LogP contribution is -2.46. The lowest BCUT2D eigenvalue weighted by atomic mass is 10.1.